The Kier molecular flexibility index (Phi) is 64.3. The van der Waals surface area contributed by atoms with Crippen molar-refractivity contribution in [2.45, 2.75) is 329 Å². The minimum Gasteiger partial charge on any atom is -0.462 e. The Labute approximate surface area is 495 Å². The molecule has 0 amide bonds. The van der Waals surface area contributed by atoms with Crippen molar-refractivity contribution in [1.29, 1.82) is 0 Å². The number of carbonyl (C=O) groups excluding carboxylic acids is 3. The number of ether oxygens (including phenoxy) is 3. The lowest BCUT2D eigenvalue weighted by atomic mass is 10.0. The second-order valence-electron chi connectivity index (χ2n) is 22.4. The van der Waals surface area contributed by atoms with Gasteiger partial charge >= 0.3 is 17.9 Å². The Morgan fingerprint density at radius 1 is 0.263 bits per heavy atom. The number of hydrogen-bond acceptors (Lipinski definition) is 6. The molecule has 0 saturated heterocycles. The first-order valence-corrected chi connectivity index (χ1v) is 33.9. The van der Waals surface area contributed by atoms with Crippen LogP contribution in [0.2, 0.25) is 0 Å². The molecule has 1 unspecified atom stereocenters. The van der Waals surface area contributed by atoms with Gasteiger partial charge < -0.3 is 14.2 Å². The average molecular weight is 1110 g/mol. The summed E-state index contributed by atoms with van der Waals surface area (Å²) in [5, 5.41) is 0. The number of carbonyl (C=O) groups is 3. The Hall–Kier alpha value is -3.93. The predicted molar refractivity (Wildman–Crippen MR) is 348 cm³/mol. The molecule has 0 aromatic heterocycles. The Bertz CT molecular complexity index is 1610. The summed E-state index contributed by atoms with van der Waals surface area (Å²) in [4.78, 5) is 38.3. The monoisotopic (exact) mass is 1110 g/mol. The number of hydrogen-bond donors (Lipinski definition) is 0. The SMILES string of the molecule is CC/C=C\C/C=C\C/C=C\C/C=C\C/C=C\C/C=C\CCC(=O)OC(COC(=O)CCCCCCCCCCCCCCCC)COC(=O)CCCCCCCCCCCCCCCC/C=C\C/C=C\C/C=C\CCCCCCC. The maximum Gasteiger partial charge on any atom is 0.306 e. The molecular formula is C74H126O6. The van der Waals surface area contributed by atoms with Gasteiger partial charge in [-0.1, -0.05) is 316 Å². The van der Waals surface area contributed by atoms with Crippen LogP contribution >= 0.6 is 0 Å². The summed E-state index contributed by atoms with van der Waals surface area (Å²) < 4.78 is 16.9. The van der Waals surface area contributed by atoms with Crippen LogP contribution in [0.5, 0.6) is 0 Å². The lowest BCUT2D eigenvalue weighted by molar-refractivity contribution is -0.166. The second-order valence-corrected chi connectivity index (χ2v) is 22.4. The minimum absolute atomic E-state index is 0.106. The number of unbranched alkanes of at least 4 members (excludes halogenated alkanes) is 32. The minimum atomic E-state index is -0.819. The fraction of sp³-hybridized carbons (Fsp3) is 0.716. The topological polar surface area (TPSA) is 78.9 Å². The van der Waals surface area contributed by atoms with Crippen LogP contribution in [0.15, 0.2) is 109 Å². The van der Waals surface area contributed by atoms with Gasteiger partial charge in [-0.15, -0.1) is 0 Å². The van der Waals surface area contributed by atoms with E-state index in [-0.39, 0.29) is 37.5 Å². The summed E-state index contributed by atoms with van der Waals surface area (Å²) >= 11 is 0. The molecule has 0 aliphatic rings. The molecule has 0 heterocycles. The van der Waals surface area contributed by atoms with E-state index in [4.69, 9.17) is 14.2 Å². The molecule has 0 aliphatic heterocycles. The first kappa shape index (κ1) is 76.1. The van der Waals surface area contributed by atoms with Crippen LogP contribution in [0.25, 0.3) is 0 Å². The molecule has 458 valence electrons. The zero-order valence-electron chi connectivity index (χ0n) is 52.6. The maximum absolute atomic E-state index is 12.9. The van der Waals surface area contributed by atoms with E-state index < -0.39 is 6.10 Å². The lowest BCUT2D eigenvalue weighted by Gasteiger charge is -2.18. The molecule has 0 fully saturated rings. The molecule has 1 atom stereocenters. The highest BCUT2D eigenvalue weighted by molar-refractivity contribution is 5.71. The molecule has 0 aliphatic carbocycles. The van der Waals surface area contributed by atoms with Gasteiger partial charge in [0.25, 0.3) is 0 Å². The third-order valence-corrected chi connectivity index (χ3v) is 14.5. The van der Waals surface area contributed by atoms with Gasteiger partial charge in [-0.2, -0.15) is 0 Å². The van der Waals surface area contributed by atoms with Crippen LogP contribution in [0.1, 0.15) is 323 Å². The molecule has 80 heavy (non-hydrogen) atoms. The largest absolute Gasteiger partial charge is 0.462 e. The van der Waals surface area contributed by atoms with Gasteiger partial charge in [-0.25, -0.2) is 0 Å². The molecule has 0 rings (SSSR count). The van der Waals surface area contributed by atoms with Crippen molar-refractivity contribution >= 4 is 17.9 Å². The van der Waals surface area contributed by atoms with E-state index in [1.165, 1.54) is 186 Å². The van der Waals surface area contributed by atoms with E-state index in [1.54, 1.807) is 0 Å². The van der Waals surface area contributed by atoms with Crippen LogP contribution < -0.4 is 0 Å². The van der Waals surface area contributed by atoms with Gasteiger partial charge in [0.1, 0.15) is 13.2 Å². The van der Waals surface area contributed by atoms with Crippen molar-refractivity contribution in [3.05, 3.63) is 109 Å². The zero-order valence-corrected chi connectivity index (χ0v) is 52.6. The summed E-state index contributed by atoms with van der Waals surface area (Å²) in [7, 11) is 0. The molecule has 0 aromatic rings. The van der Waals surface area contributed by atoms with E-state index in [2.05, 4.69) is 124 Å². The highest BCUT2D eigenvalue weighted by atomic mass is 16.6. The van der Waals surface area contributed by atoms with E-state index in [0.717, 1.165) is 89.9 Å². The molecule has 6 heteroatoms. The molecule has 6 nitrogen and oxygen atoms in total. The summed E-state index contributed by atoms with van der Waals surface area (Å²) in [6, 6.07) is 0. The molecule has 0 N–H and O–H groups in total. The number of allylic oxidation sites excluding steroid dienone is 18. The number of esters is 3. The van der Waals surface area contributed by atoms with Crippen LogP contribution in [0.4, 0.5) is 0 Å². The normalized spacial score (nSPS) is 12.8. The van der Waals surface area contributed by atoms with Crippen molar-refractivity contribution in [3.63, 3.8) is 0 Å². The maximum atomic E-state index is 12.9. The van der Waals surface area contributed by atoms with Gasteiger partial charge in [0.15, 0.2) is 6.10 Å². The smallest absolute Gasteiger partial charge is 0.306 e. The lowest BCUT2D eigenvalue weighted by Crippen LogP contribution is -2.30. The van der Waals surface area contributed by atoms with Gasteiger partial charge in [0, 0.05) is 19.3 Å². The van der Waals surface area contributed by atoms with Crippen molar-refractivity contribution in [2.75, 3.05) is 13.2 Å². The first-order chi connectivity index (χ1) is 39.5. The fourth-order valence-electron chi connectivity index (χ4n) is 9.48. The van der Waals surface area contributed by atoms with Gasteiger partial charge in [-0.05, 0) is 96.3 Å². The standard InChI is InChI=1S/C74H126O6/c1-4-7-10-13-16-19-22-25-28-30-32-33-34-35-36-37-38-39-40-41-43-44-46-49-52-55-58-61-64-67-73(76)79-70-71(69-78-72(75)66-63-60-57-54-51-48-27-24-21-18-15-12-9-6-3)80-74(77)68-65-62-59-56-53-50-47-45-42-31-29-26-23-20-17-14-11-8-5-2/h8,11,17,20,22,25-26,29-30,32,34-35,42,45,50,53,59,62,71H,4-7,9-10,12-16,18-19,21,23-24,27-28,31,33,36-41,43-44,46-49,51-52,54-58,60-61,63-70H2,1-3H3/b11-8-,20-17-,25-22-,29-26-,32-30-,35-34-,45-42-,53-50-,62-59-. The second kappa shape index (κ2) is 67.6. The van der Waals surface area contributed by atoms with Crippen molar-refractivity contribution in [3.8, 4) is 0 Å². The fourth-order valence-corrected chi connectivity index (χ4v) is 9.48. The van der Waals surface area contributed by atoms with E-state index in [1.807, 2.05) is 6.08 Å². The summed E-state index contributed by atoms with van der Waals surface area (Å²) in [5.74, 6) is -0.980. The van der Waals surface area contributed by atoms with Crippen LogP contribution in [-0.2, 0) is 28.6 Å². The van der Waals surface area contributed by atoms with Crippen LogP contribution in [0, 0.1) is 0 Å². The molecule has 0 aromatic carbocycles. The molecule has 0 spiro atoms. The van der Waals surface area contributed by atoms with Gasteiger partial charge in [-0.3, -0.25) is 14.4 Å². The number of rotatable bonds is 61. The van der Waals surface area contributed by atoms with E-state index in [9.17, 15) is 14.4 Å². The first-order valence-electron chi connectivity index (χ1n) is 33.9. The predicted octanol–water partition coefficient (Wildman–Crippen LogP) is 23.4. The Morgan fingerprint density at radius 2 is 0.512 bits per heavy atom. The molecule has 0 radical (unpaired) electrons. The summed E-state index contributed by atoms with van der Waals surface area (Å²) in [6.07, 6.45) is 92.6. The zero-order chi connectivity index (χ0) is 57.8. The van der Waals surface area contributed by atoms with Crippen LogP contribution in [0.3, 0.4) is 0 Å². The highest BCUT2D eigenvalue weighted by Crippen LogP contribution is 2.17. The van der Waals surface area contributed by atoms with Crippen LogP contribution in [-0.4, -0.2) is 37.2 Å². The average Bonchev–Trinajstić information content (AvgIpc) is 3.46. The summed E-state index contributed by atoms with van der Waals surface area (Å²) in [5.41, 5.74) is 0. The van der Waals surface area contributed by atoms with Gasteiger partial charge in [0.2, 0.25) is 0 Å². The molecular weight excluding hydrogens is 985 g/mol. The highest BCUT2D eigenvalue weighted by Gasteiger charge is 2.19. The van der Waals surface area contributed by atoms with E-state index in [0.29, 0.717) is 19.3 Å². The third kappa shape index (κ3) is 64.9. The van der Waals surface area contributed by atoms with Gasteiger partial charge in [0.05, 0.1) is 0 Å². The molecule has 0 saturated carbocycles. The Balaban J connectivity index is 4.35. The molecule has 0 bridgehead atoms. The third-order valence-electron chi connectivity index (χ3n) is 14.5. The van der Waals surface area contributed by atoms with E-state index >= 15 is 0 Å². The van der Waals surface area contributed by atoms with Crippen molar-refractivity contribution in [1.82, 2.24) is 0 Å². The van der Waals surface area contributed by atoms with Crippen molar-refractivity contribution in [2.24, 2.45) is 0 Å². The Morgan fingerprint density at radius 3 is 0.812 bits per heavy atom. The summed E-state index contributed by atoms with van der Waals surface area (Å²) in [6.45, 7) is 6.48. The quantitative estimate of drug-likeness (QED) is 0.0261. The van der Waals surface area contributed by atoms with Crippen molar-refractivity contribution < 1.29 is 28.6 Å².